The third kappa shape index (κ3) is 4.47. The van der Waals surface area contributed by atoms with E-state index in [0.717, 1.165) is 44.0 Å². The second-order valence-corrected chi connectivity index (χ2v) is 8.09. The quantitative estimate of drug-likeness (QED) is 0.741. The van der Waals surface area contributed by atoms with Gasteiger partial charge >= 0.3 is 0 Å². The lowest BCUT2D eigenvalue weighted by atomic mass is 9.95. The third-order valence-electron chi connectivity index (χ3n) is 5.42. The molecular weight excluding hydrogens is 340 g/mol. The highest BCUT2D eigenvalue weighted by Crippen LogP contribution is 2.21. The Hall–Kier alpha value is -1.28. The SMILES string of the molecule is CC(=O)N1CCC(C(=O)N2CCCN(C(=O)C3CSCN3)CC2)CC1. The number of carbonyl (C=O) groups is 3. The lowest BCUT2D eigenvalue weighted by molar-refractivity contribution is -0.140. The summed E-state index contributed by atoms with van der Waals surface area (Å²) in [6.07, 6.45) is 2.34. The highest BCUT2D eigenvalue weighted by atomic mass is 32.2. The van der Waals surface area contributed by atoms with E-state index in [9.17, 15) is 14.4 Å². The predicted molar refractivity (Wildman–Crippen MR) is 97.0 cm³/mol. The molecule has 140 valence electrons. The Morgan fingerprint density at radius 2 is 1.52 bits per heavy atom. The first-order chi connectivity index (χ1) is 12.1. The summed E-state index contributed by atoms with van der Waals surface area (Å²) in [4.78, 5) is 42.4. The average Bonchev–Trinajstić information content (AvgIpc) is 3.05. The molecule has 0 aromatic heterocycles. The molecule has 1 unspecified atom stereocenters. The summed E-state index contributed by atoms with van der Waals surface area (Å²) in [6.45, 7) is 5.64. The monoisotopic (exact) mass is 368 g/mol. The molecule has 3 rings (SSSR count). The molecule has 8 heteroatoms. The van der Waals surface area contributed by atoms with Crippen LogP contribution in [-0.2, 0) is 14.4 Å². The fourth-order valence-corrected chi connectivity index (χ4v) is 4.76. The van der Waals surface area contributed by atoms with Crippen LogP contribution >= 0.6 is 11.8 Å². The van der Waals surface area contributed by atoms with Crippen molar-refractivity contribution in [1.82, 2.24) is 20.0 Å². The molecular formula is C17H28N4O3S. The van der Waals surface area contributed by atoms with E-state index in [4.69, 9.17) is 0 Å². The summed E-state index contributed by atoms with van der Waals surface area (Å²) in [5, 5.41) is 3.23. The lowest BCUT2D eigenvalue weighted by Gasteiger charge is -2.33. The van der Waals surface area contributed by atoms with Crippen LogP contribution in [0.15, 0.2) is 0 Å². The Labute approximate surface area is 153 Å². The van der Waals surface area contributed by atoms with Gasteiger partial charge in [0.25, 0.3) is 0 Å². The van der Waals surface area contributed by atoms with Crippen LogP contribution in [0.2, 0.25) is 0 Å². The number of amides is 3. The largest absolute Gasteiger partial charge is 0.343 e. The van der Waals surface area contributed by atoms with Gasteiger partial charge in [0.1, 0.15) is 0 Å². The van der Waals surface area contributed by atoms with Crippen LogP contribution in [0.3, 0.4) is 0 Å². The number of likely N-dealkylation sites (tertiary alicyclic amines) is 1. The van der Waals surface area contributed by atoms with E-state index in [1.54, 1.807) is 18.7 Å². The van der Waals surface area contributed by atoms with Crippen LogP contribution in [0.4, 0.5) is 0 Å². The summed E-state index contributed by atoms with van der Waals surface area (Å²) in [6, 6.07) is -0.0665. The maximum atomic E-state index is 12.8. The molecule has 0 spiro atoms. The van der Waals surface area contributed by atoms with Crippen LogP contribution in [0.5, 0.6) is 0 Å². The first-order valence-electron chi connectivity index (χ1n) is 9.20. The number of hydrogen-bond acceptors (Lipinski definition) is 5. The van der Waals surface area contributed by atoms with Gasteiger partial charge < -0.3 is 14.7 Å². The molecule has 3 fully saturated rings. The Morgan fingerprint density at radius 3 is 2.08 bits per heavy atom. The highest BCUT2D eigenvalue weighted by Gasteiger charge is 2.32. The van der Waals surface area contributed by atoms with Gasteiger partial charge in [0.05, 0.1) is 6.04 Å². The Morgan fingerprint density at radius 1 is 0.880 bits per heavy atom. The molecule has 3 aliphatic rings. The molecule has 7 nitrogen and oxygen atoms in total. The number of nitrogens with one attached hydrogen (secondary N) is 1. The van der Waals surface area contributed by atoms with E-state index < -0.39 is 0 Å². The Balaban J connectivity index is 1.50. The summed E-state index contributed by atoms with van der Waals surface area (Å²) in [5.74, 6) is 2.17. The third-order valence-corrected chi connectivity index (χ3v) is 6.36. The molecule has 1 N–H and O–H groups in total. The molecule has 3 heterocycles. The first kappa shape index (κ1) is 18.5. The van der Waals surface area contributed by atoms with Crippen LogP contribution < -0.4 is 5.32 Å². The fourth-order valence-electron chi connectivity index (χ4n) is 3.83. The van der Waals surface area contributed by atoms with Gasteiger partial charge in [-0.2, -0.15) is 0 Å². The highest BCUT2D eigenvalue weighted by molar-refractivity contribution is 7.99. The van der Waals surface area contributed by atoms with E-state index in [0.29, 0.717) is 26.2 Å². The minimum atomic E-state index is -0.0665. The van der Waals surface area contributed by atoms with Gasteiger partial charge in [-0.1, -0.05) is 0 Å². The zero-order chi connectivity index (χ0) is 17.8. The zero-order valence-corrected chi connectivity index (χ0v) is 15.7. The van der Waals surface area contributed by atoms with Crippen molar-refractivity contribution in [2.75, 3.05) is 50.9 Å². The molecule has 0 aliphatic carbocycles. The Kier molecular flexibility index (Phi) is 6.22. The van der Waals surface area contributed by atoms with Crippen molar-refractivity contribution in [3.05, 3.63) is 0 Å². The summed E-state index contributed by atoms with van der Waals surface area (Å²) >= 11 is 1.75. The fraction of sp³-hybridized carbons (Fsp3) is 0.824. The lowest BCUT2D eigenvalue weighted by Crippen LogP contribution is -2.47. The summed E-state index contributed by atoms with van der Waals surface area (Å²) < 4.78 is 0. The van der Waals surface area contributed by atoms with E-state index in [1.807, 2.05) is 14.7 Å². The maximum absolute atomic E-state index is 12.8. The van der Waals surface area contributed by atoms with Crippen LogP contribution in [-0.4, -0.2) is 89.4 Å². The molecule has 0 aromatic carbocycles. The van der Waals surface area contributed by atoms with Crippen molar-refractivity contribution in [3.63, 3.8) is 0 Å². The second kappa shape index (κ2) is 8.40. The molecule has 0 aromatic rings. The van der Waals surface area contributed by atoms with Crippen molar-refractivity contribution in [1.29, 1.82) is 0 Å². The first-order valence-corrected chi connectivity index (χ1v) is 10.4. The number of carbonyl (C=O) groups excluding carboxylic acids is 3. The topological polar surface area (TPSA) is 73.0 Å². The van der Waals surface area contributed by atoms with Gasteiger partial charge in [-0.25, -0.2) is 0 Å². The number of rotatable bonds is 2. The van der Waals surface area contributed by atoms with Gasteiger partial charge in [0.2, 0.25) is 17.7 Å². The van der Waals surface area contributed by atoms with Crippen LogP contribution in [0.25, 0.3) is 0 Å². The second-order valence-electron chi connectivity index (χ2n) is 7.06. The van der Waals surface area contributed by atoms with Gasteiger partial charge in [-0.3, -0.25) is 19.7 Å². The van der Waals surface area contributed by atoms with Crippen LogP contribution in [0.1, 0.15) is 26.2 Å². The van der Waals surface area contributed by atoms with Gasteiger partial charge in [-0.05, 0) is 19.3 Å². The minimum Gasteiger partial charge on any atom is -0.343 e. The van der Waals surface area contributed by atoms with Crippen molar-refractivity contribution in [2.45, 2.75) is 32.2 Å². The molecule has 3 aliphatic heterocycles. The smallest absolute Gasteiger partial charge is 0.240 e. The van der Waals surface area contributed by atoms with E-state index in [1.165, 1.54) is 0 Å². The molecule has 3 saturated heterocycles. The number of nitrogens with zero attached hydrogens (tertiary/aromatic N) is 3. The number of piperidine rings is 1. The predicted octanol–water partition coefficient (Wildman–Crippen LogP) is -0.0317. The summed E-state index contributed by atoms with van der Waals surface area (Å²) in [5.41, 5.74) is 0. The molecule has 25 heavy (non-hydrogen) atoms. The van der Waals surface area contributed by atoms with E-state index in [-0.39, 0.29) is 29.7 Å². The molecule has 0 bridgehead atoms. The molecule has 3 amide bonds. The minimum absolute atomic E-state index is 0.0192. The summed E-state index contributed by atoms with van der Waals surface area (Å²) in [7, 11) is 0. The van der Waals surface area contributed by atoms with Crippen molar-refractivity contribution >= 4 is 29.5 Å². The standard InChI is InChI=1S/C17H28N4O3S/c1-13(22)19-7-3-14(4-8-19)16(23)20-5-2-6-21(10-9-20)17(24)15-11-25-12-18-15/h14-15,18H,2-12H2,1H3. The molecule has 1 atom stereocenters. The van der Waals surface area contributed by atoms with Gasteiger partial charge in [0.15, 0.2) is 0 Å². The Bertz CT molecular complexity index is 516. The zero-order valence-electron chi connectivity index (χ0n) is 14.9. The van der Waals surface area contributed by atoms with E-state index in [2.05, 4.69) is 5.32 Å². The molecule has 0 radical (unpaired) electrons. The van der Waals surface area contributed by atoms with Crippen molar-refractivity contribution in [3.8, 4) is 0 Å². The molecule has 0 saturated carbocycles. The number of hydrogen-bond donors (Lipinski definition) is 1. The maximum Gasteiger partial charge on any atom is 0.240 e. The number of thioether (sulfide) groups is 1. The normalized spacial score (nSPS) is 25.8. The van der Waals surface area contributed by atoms with Crippen molar-refractivity contribution < 1.29 is 14.4 Å². The van der Waals surface area contributed by atoms with Gasteiger partial charge in [-0.15, -0.1) is 11.8 Å². The average molecular weight is 369 g/mol. The van der Waals surface area contributed by atoms with Gasteiger partial charge in [0, 0.05) is 63.7 Å². The van der Waals surface area contributed by atoms with Crippen LogP contribution in [0, 0.1) is 5.92 Å². The van der Waals surface area contributed by atoms with E-state index >= 15 is 0 Å². The van der Waals surface area contributed by atoms with Crippen molar-refractivity contribution in [2.24, 2.45) is 5.92 Å².